The van der Waals surface area contributed by atoms with Gasteiger partial charge in [0, 0.05) is 21.8 Å². The van der Waals surface area contributed by atoms with E-state index in [1.807, 2.05) is 0 Å². The van der Waals surface area contributed by atoms with Crippen LogP contribution in [-0.2, 0) is 0 Å². The molecule has 0 unspecified atom stereocenters. The maximum absolute atomic E-state index is 6.16. The summed E-state index contributed by atoms with van der Waals surface area (Å²) in [6, 6.07) is 6.49. The van der Waals surface area contributed by atoms with Crippen molar-refractivity contribution >= 4 is 63.7 Å². The number of nitrogens with two attached hydrogens (primary N) is 1. The molecular weight excluding hydrogens is 335 g/mol. The Hall–Kier alpha value is -0.310. The molecule has 2 N–H and O–H groups in total. The number of hydrogen-bond donors (Lipinski definition) is 1. The maximum Gasteiger partial charge on any atom is 0.0687 e. The topological polar surface area (TPSA) is 26.0 Å². The molecule has 0 fully saturated rings. The van der Waals surface area contributed by atoms with E-state index < -0.39 is 0 Å². The summed E-state index contributed by atoms with van der Waals surface area (Å²) < 4.78 is 0. The second kappa shape index (κ2) is 5.36. The fourth-order valence-corrected chi connectivity index (χ4v) is 2.74. The Morgan fingerprint density at radius 3 is 1.89 bits per heavy atom. The Kier molecular flexibility index (Phi) is 4.20. The van der Waals surface area contributed by atoms with Gasteiger partial charge >= 0.3 is 0 Å². The molecule has 0 aliphatic rings. The van der Waals surface area contributed by atoms with E-state index in [0.29, 0.717) is 41.9 Å². The molecule has 0 heterocycles. The molecular formula is C12H6Cl5N. The predicted molar refractivity (Wildman–Crippen MR) is 81.3 cm³/mol. The zero-order valence-corrected chi connectivity index (χ0v) is 12.6. The largest absolute Gasteiger partial charge is 0.398 e. The van der Waals surface area contributed by atoms with E-state index >= 15 is 0 Å². The first kappa shape index (κ1) is 14.1. The van der Waals surface area contributed by atoms with Crippen molar-refractivity contribution in [3.63, 3.8) is 0 Å². The molecule has 6 heteroatoms. The number of rotatable bonds is 1. The molecule has 0 aliphatic heterocycles. The maximum atomic E-state index is 6.16. The van der Waals surface area contributed by atoms with Crippen LogP contribution in [0.15, 0.2) is 24.3 Å². The highest BCUT2D eigenvalue weighted by molar-refractivity contribution is 6.50. The van der Waals surface area contributed by atoms with Crippen LogP contribution in [0.3, 0.4) is 0 Å². The standard InChI is InChI=1S/C12H6Cl5N/c13-5-1-2-9(18)6(3-5)10-11(16)7(14)4-8(15)12(10)17/h1-4H,18H2. The minimum absolute atomic E-state index is 0.292. The zero-order chi connectivity index (χ0) is 13.4. The Morgan fingerprint density at radius 2 is 1.33 bits per heavy atom. The molecule has 0 saturated heterocycles. The molecule has 2 rings (SSSR count). The van der Waals surface area contributed by atoms with E-state index in [0.717, 1.165) is 0 Å². The summed E-state index contributed by atoms with van der Waals surface area (Å²) in [4.78, 5) is 0. The van der Waals surface area contributed by atoms with E-state index in [4.69, 9.17) is 63.7 Å². The quantitative estimate of drug-likeness (QED) is 0.485. The van der Waals surface area contributed by atoms with Gasteiger partial charge in [-0.15, -0.1) is 0 Å². The van der Waals surface area contributed by atoms with Crippen LogP contribution in [0.1, 0.15) is 0 Å². The highest BCUT2D eigenvalue weighted by Gasteiger charge is 2.17. The Morgan fingerprint density at radius 1 is 0.778 bits per heavy atom. The molecule has 0 aliphatic carbocycles. The van der Waals surface area contributed by atoms with E-state index in [-0.39, 0.29) is 0 Å². The normalized spacial score (nSPS) is 10.7. The highest BCUT2D eigenvalue weighted by atomic mass is 35.5. The van der Waals surface area contributed by atoms with Crippen molar-refractivity contribution in [1.29, 1.82) is 0 Å². The smallest absolute Gasteiger partial charge is 0.0687 e. The fourth-order valence-electron chi connectivity index (χ4n) is 1.55. The Bertz CT molecular complexity index is 598. The van der Waals surface area contributed by atoms with E-state index in [1.54, 1.807) is 18.2 Å². The van der Waals surface area contributed by atoms with Crippen molar-refractivity contribution in [1.82, 2.24) is 0 Å². The summed E-state index contributed by atoms with van der Waals surface area (Å²) in [6.45, 7) is 0. The van der Waals surface area contributed by atoms with Crippen LogP contribution in [-0.4, -0.2) is 0 Å². The molecule has 2 aromatic carbocycles. The van der Waals surface area contributed by atoms with Crippen LogP contribution in [0.4, 0.5) is 5.69 Å². The van der Waals surface area contributed by atoms with Crippen LogP contribution in [0.5, 0.6) is 0 Å². The molecule has 0 aromatic heterocycles. The predicted octanol–water partition coefficient (Wildman–Crippen LogP) is 6.20. The van der Waals surface area contributed by atoms with Gasteiger partial charge < -0.3 is 5.73 Å². The van der Waals surface area contributed by atoms with Gasteiger partial charge in [0.2, 0.25) is 0 Å². The van der Waals surface area contributed by atoms with Crippen LogP contribution in [0.2, 0.25) is 25.1 Å². The summed E-state index contributed by atoms with van der Waals surface area (Å²) in [5.74, 6) is 0. The van der Waals surface area contributed by atoms with Gasteiger partial charge in [0.25, 0.3) is 0 Å². The summed E-state index contributed by atoms with van der Waals surface area (Å²) in [5, 5.41) is 1.71. The number of benzene rings is 2. The third-order valence-corrected chi connectivity index (χ3v) is 4.21. The van der Waals surface area contributed by atoms with Crippen molar-refractivity contribution in [2.75, 3.05) is 5.73 Å². The molecule has 94 valence electrons. The van der Waals surface area contributed by atoms with E-state index in [2.05, 4.69) is 0 Å². The second-order valence-corrected chi connectivity index (χ2v) is 5.58. The molecule has 2 aromatic rings. The lowest BCUT2D eigenvalue weighted by molar-refractivity contribution is 1.60. The SMILES string of the molecule is Nc1ccc(Cl)cc1-c1c(Cl)c(Cl)cc(Cl)c1Cl. The van der Waals surface area contributed by atoms with Gasteiger partial charge in [-0.1, -0.05) is 58.0 Å². The van der Waals surface area contributed by atoms with Gasteiger partial charge in [-0.3, -0.25) is 0 Å². The lowest BCUT2D eigenvalue weighted by atomic mass is 10.0. The van der Waals surface area contributed by atoms with Gasteiger partial charge in [0.15, 0.2) is 0 Å². The number of nitrogen functional groups attached to an aromatic ring is 1. The van der Waals surface area contributed by atoms with Crippen molar-refractivity contribution in [2.24, 2.45) is 0 Å². The zero-order valence-electron chi connectivity index (χ0n) is 8.78. The summed E-state index contributed by atoms with van der Waals surface area (Å²) in [5.41, 5.74) is 7.47. The first-order valence-corrected chi connectivity index (χ1v) is 6.69. The molecule has 0 radical (unpaired) electrons. The fraction of sp³-hybridized carbons (Fsp3) is 0. The van der Waals surface area contributed by atoms with Crippen molar-refractivity contribution in [3.05, 3.63) is 49.4 Å². The molecule has 0 atom stereocenters. The van der Waals surface area contributed by atoms with Crippen LogP contribution in [0.25, 0.3) is 11.1 Å². The summed E-state index contributed by atoms with van der Waals surface area (Å²) >= 11 is 30.2. The first-order valence-electron chi connectivity index (χ1n) is 4.80. The number of halogens is 5. The van der Waals surface area contributed by atoms with Gasteiger partial charge in [-0.25, -0.2) is 0 Å². The third kappa shape index (κ3) is 2.52. The lowest BCUT2D eigenvalue weighted by Crippen LogP contribution is -1.92. The van der Waals surface area contributed by atoms with Crippen molar-refractivity contribution in [3.8, 4) is 11.1 Å². The number of anilines is 1. The molecule has 1 nitrogen and oxygen atoms in total. The molecule has 0 amide bonds. The van der Waals surface area contributed by atoms with Crippen LogP contribution in [0, 0.1) is 0 Å². The molecule has 0 bridgehead atoms. The van der Waals surface area contributed by atoms with Crippen molar-refractivity contribution < 1.29 is 0 Å². The van der Waals surface area contributed by atoms with E-state index in [1.165, 1.54) is 6.07 Å². The molecule has 0 saturated carbocycles. The van der Waals surface area contributed by atoms with Gasteiger partial charge in [-0.05, 0) is 24.3 Å². The second-order valence-electron chi connectivity index (χ2n) is 3.57. The monoisotopic (exact) mass is 339 g/mol. The van der Waals surface area contributed by atoms with Gasteiger partial charge in [0.05, 0.1) is 20.1 Å². The van der Waals surface area contributed by atoms with Crippen LogP contribution < -0.4 is 5.73 Å². The minimum atomic E-state index is 0.292. The third-order valence-electron chi connectivity index (χ3n) is 2.40. The Balaban J connectivity index is 2.82. The average molecular weight is 341 g/mol. The van der Waals surface area contributed by atoms with E-state index in [9.17, 15) is 0 Å². The lowest BCUT2D eigenvalue weighted by Gasteiger charge is -2.13. The van der Waals surface area contributed by atoms with Crippen molar-refractivity contribution in [2.45, 2.75) is 0 Å². The number of hydrogen-bond acceptors (Lipinski definition) is 1. The van der Waals surface area contributed by atoms with Crippen LogP contribution >= 0.6 is 58.0 Å². The minimum Gasteiger partial charge on any atom is -0.398 e. The summed E-state index contributed by atoms with van der Waals surface area (Å²) in [6.07, 6.45) is 0. The Labute approximate surface area is 129 Å². The van der Waals surface area contributed by atoms with Gasteiger partial charge in [-0.2, -0.15) is 0 Å². The summed E-state index contributed by atoms with van der Waals surface area (Å²) in [7, 11) is 0. The molecule has 0 spiro atoms. The first-order chi connectivity index (χ1) is 8.41. The van der Waals surface area contributed by atoms with Gasteiger partial charge in [0.1, 0.15) is 0 Å². The highest BCUT2D eigenvalue weighted by Crippen LogP contribution is 2.45. The molecule has 18 heavy (non-hydrogen) atoms. The average Bonchev–Trinajstić information content (AvgIpc) is 2.31.